The fourth-order valence-electron chi connectivity index (χ4n) is 2.03. The molecule has 0 aliphatic heterocycles. The smallest absolute Gasteiger partial charge is 0.204 e. The van der Waals surface area contributed by atoms with E-state index in [0.29, 0.717) is 5.82 Å². The second-order valence-electron chi connectivity index (χ2n) is 4.60. The Labute approximate surface area is 106 Å². The van der Waals surface area contributed by atoms with Crippen molar-refractivity contribution in [2.75, 3.05) is 19.0 Å². The van der Waals surface area contributed by atoms with E-state index in [1.807, 2.05) is 19.0 Å². The predicted molar refractivity (Wildman–Crippen MR) is 69.1 cm³/mol. The van der Waals surface area contributed by atoms with Crippen molar-refractivity contribution < 1.29 is 8.42 Å². The quantitative estimate of drug-likeness (QED) is 0.832. The fourth-order valence-corrected chi connectivity index (χ4v) is 4.49. The van der Waals surface area contributed by atoms with Gasteiger partial charge >= 0.3 is 0 Å². The molecule has 96 valence electrons. The zero-order valence-corrected chi connectivity index (χ0v) is 11.7. The van der Waals surface area contributed by atoms with Gasteiger partial charge in [0.1, 0.15) is 5.75 Å². The molecule has 2 rings (SSSR count). The normalized spacial score (nSPS) is 17.5. The van der Waals surface area contributed by atoms with Crippen LogP contribution in [0.3, 0.4) is 0 Å². The first-order chi connectivity index (χ1) is 7.99. The van der Waals surface area contributed by atoms with Crippen molar-refractivity contribution in [1.82, 2.24) is 9.36 Å². The van der Waals surface area contributed by atoms with Crippen molar-refractivity contribution in [3.05, 3.63) is 5.82 Å². The van der Waals surface area contributed by atoms with E-state index < -0.39 is 9.84 Å². The number of rotatable bonds is 4. The van der Waals surface area contributed by atoms with Crippen LogP contribution in [0.1, 0.15) is 31.5 Å². The van der Waals surface area contributed by atoms with Crippen molar-refractivity contribution in [1.29, 1.82) is 0 Å². The van der Waals surface area contributed by atoms with Crippen molar-refractivity contribution in [2.24, 2.45) is 0 Å². The number of anilines is 1. The molecule has 0 bridgehead atoms. The number of aromatic nitrogens is 2. The lowest BCUT2D eigenvalue weighted by Gasteiger charge is -2.08. The van der Waals surface area contributed by atoms with Gasteiger partial charge in [0.05, 0.1) is 5.25 Å². The highest BCUT2D eigenvalue weighted by Crippen LogP contribution is 2.27. The Balaban J connectivity index is 2.08. The minimum atomic E-state index is -3.06. The van der Waals surface area contributed by atoms with Crippen molar-refractivity contribution in [3.63, 3.8) is 0 Å². The third-order valence-corrected chi connectivity index (χ3v) is 6.05. The average molecular weight is 275 g/mol. The number of hydrogen-bond acceptors (Lipinski definition) is 6. The van der Waals surface area contributed by atoms with Crippen LogP contribution in [-0.2, 0) is 15.6 Å². The molecule has 1 aromatic heterocycles. The Bertz CT molecular complexity index is 475. The maximum absolute atomic E-state index is 12.1. The molecule has 0 aromatic carbocycles. The molecule has 0 spiro atoms. The van der Waals surface area contributed by atoms with E-state index in [-0.39, 0.29) is 11.0 Å². The van der Waals surface area contributed by atoms with Gasteiger partial charge in [0.15, 0.2) is 15.7 Å². The summed E-state index contributed by atoms with van der Waals surface area (Å²) in [5.41, 5.74) is 0. The summed E-state index contributed by atoms with van der Waals surface area (Å²) >= 11 is 1.24. The van der Waals surface area contributed by atoms with Crippen LogP contribution < -0.4 is 4.90 Å². The Morgan fingerprint density at radius 2 is 2.00 bits per heavy atom. The van der Waals surface area contributed by atoms with Crippen LogP contribution in [0.5, 0.6) is 0 Å². The van der Waals surface area contributed by atoms with Crippen LogP contribution in [0.4, 0.5) is 5.13 Å². The first kappa shape index (κ1) is 12.8. The Morgan fingerprint density at radius 1 is 1.35 bits per heavy atom. The highest BCUT2D eigenvalue weighted by molar-refractivity contribution is 7.91. The number of nitrogens with zero attached hydrogens (tertiary/aromatic N) is 3. The van der Waals surface area contributed by atoms with Gasteiger partial charge in [0.2, 0.25) is 5.13 Å². The molecular formula is C10H17N3O2S2. The van der Waals surface area contributed by atoms with Crippen LogP contribution in [0, 0.1) is 0 Å². The minimum Gasteiger partial charge on any atom is -0.353 e. The molecule has 0 unspecified atom stereocenters. The van der Waals surface area contributed by atoms with E-state index in [4.69, 9.17) is 0 Å². The molecule has 1 aromatic rings. The van der Waals surface area contributed by atoms with E-state index in [0.717, 1.165) is 30.8 Å². The first-order valence-corrected chi connectivity index (χ1v) is 8.19. The lowest BCUT2D eigenvalue weighted by molar-refractivity contribution is 0.577. The van der Waals surface area contributed by atoms with Gasteiger partial charge in [-0.05, 0) is 12.8 Å². The maximum Gasteiger partial charge on any atom is 0.204 e. The van der Waals surface area contributed by atoms with Crippen LogP contribution in [0.15, 0.2) is 0 Å². The third kappa shape index (κ3) is 2.95. The molecule has 1 aliphatic carbocycles. The van der Waals surface area contributed by atoms with Crippen molar-refractivity contribution in [2.45, 2.75) is 36.7 Å². The maximum atomic E-state index is 12.1. The van der Waals surface area contributed by atoms with Gasteiger partial charge in [0.25, 0.3) is 0 Å². The predicted octanol–water partition coefficient (Wildman–Crippen LogP) is 1.46. The van der Waals surface area contributed by atoms with Gasteiger partial charge in [-0.3, -0.25) is 0 Å². The summed E-state index contributed by atoms with van der Waals surface area (Å²) in [5.74, 6) is 0.424. The van der Waals surface area contributed by atoms with Crippen LogP contribution >= 0.6 is 11.5 Å². The largest absolute Gasteiger partial charge is 0.353 e. The second kappa shape index (κ2) is 4.89. The summed E-state index contributed by atoms with van der Waals surface area (Å²) in [4.78, 5) is 6.06. The zero-order valence-electron chi connectivity index (χ0n) is 10.1. The summed E-state index contributed by atoms with van der Waals surface area (Å²) in [6.07, 6.45) is 3.65. The number of hydrogen-bond donors (Lipinski definition) is 0. The summed E-state index contributed by atoms with van der Waals surface area (Å²) < 4.78 is 28.3. The molecule has 0 saturated heterocycles. The molecule has 1 saturated carbocycles. The lowest BCUT2D eigenvalue weighted by atomic mass is 10.4. The molecule has 1 aliphatic rings. The third-order valence-electron chi connectivity index (χ3n) is 2.98. The summed E-state index contributed by atoms with van der Waals surface area (Å²) in [5, 5.41) is 0.579. The molecule has 5 nitrogen and oxygen atoms in total. The van der Waals surface area contributed by atoms with Gasteiger partial charge in [-0.2, -0.15) is 4.37 Å². The Hall–Kier alpha value is -0.690. The van der Waals surface area contributed by atoms with E-state index in [1.165, 1.54) is 11.5 Å². The fraction of sp³-hybridized carbons (Fsp3) is 0.800. The lowest BCUT2D eigenvalue weighted by Crippen LogP contribution is -2.20. The molecule has 0 amide bonds. The van der Waals surface area contributed by atoms with E-state index in [1.54, 1.807) is 0 Å². The second-order valence-corrected chi connectivity index (χ2v) is 7.61. The van der Waals surface area contributed by atoms with Gasteiger partial charge in [0, 0.05) is 25.6 Å². The van der Waals surface area contributed by atoms with Gasteiger partial charge in [-0.15, -0.1) is 0 Å². The van der Waals surface area contributed by atoms with Crippen molar-refractivity contribution in [3.8, 4) is 0 Å². The SMILES string of the molecule is CN(C)c1nc(CS(=O)(=O)C2CCCC2)ns1. The average Bonchev–Trinajstić information content (AvgIpc) is 2.85. The highest BCUT2D eigenvalue weighted by atomic mass is 32.2. The summed E-state index contributed by atoms with van der Waals surface area (Å²) in [6.45, 7) is 0. The molecule has 0 radical (unpaired) electrons. The summed E-state index contributed by atoms with van der Waals surface area (Å²) in [6, 6.07) is 0. The Morgan fingerprint density at radius 3 is 2.53 bits per heavy atom. The monoisotopic (exact) mass is 275 g/mol. The topological polar surface area (TPSA) is 63.2 Å². The molecule has 0 N–H and O–H groups in total. The molecule has 1 heterocycles. The van der Waals surface area contributed by atoms with Crippen LogP contribution in [-0.4, -0.2) is 37.1 Å². The number of sulfone groups is 1. The molecule has 0 atom stereocenters. The standard InChI is InChI=1S/C10H17N3O2S2/c1-13(2)10-11-9(12-16-10)7-17(14,15)8-5-3-4-6-8/h8H,3-7H2,1-2H3. The highest BCUT2D eigenvalue weighted by Gasteiger charge is 2.30. The van der Waals surface area contributed by atoms with Crippen LogP contribution in [0.25, 0.3) is 0 Å². The van der Waals surface area contributed by atoms with Gasteiger partial charge in [-0.25, -0.2) is 13.4 Å². The minimum absolute atomic E-state index is 0.0119. The molecular weight excluding hydrogens is 258 g/mol. The van der Waals surface area contributed by atoms with E-state index in [9.17, 15) is 8.42 Å². The Kier molecular flexibility index (Phi) is 3.67. The summed E-state index contributed by atoms with van der Waals surface area (Å²) in [7, 11) is 0.679. The zero-order chi connectivity index (χ0) is 12.5. The van der Waals surface area contributed by atoms with Crippen LogP contribution in [0.2, 0.25) is 0 Å². The molecule has 1 fully saturated rings. The molecule has 17 heavy (non-hydrogen) atoms. The van der Waals surface area contributed by atoms with Gasteiger partial charge in [-0.1, -0.05) is 12.8 Å². The molecule has 7 heteroatoms. The van der Waals surface area contributed by atoms with E-state index >= 15 is 0 Å². The first-order valence-electron chi connectivity index (χ1n) is 5.70. The van der Waals surface area contributed by atoms with E-state index in [2.05, 4.69) is 9.36 Å². The van der Waals surface area contributed by atoms with Gasteiger partial charge < -0.3 is 4.90 Å². The van der Waals surface area contributed by atoms with Crippen molar-refractivity contribution >= 4 is 26.5 Å².